The second-order valence-electron chi connectivity index (χ2n) is 8.17. The third kappa shape index (κ3) is 5.89. The number of aryl methyl sites for hydroxylation is 1. The predicted molar refractivity (Wildman–Crippen MR) is 117 cm³/mol. The molecular formula is C26H33NO. The van der Waals surface area contributed by atoms with Crippen LogP contribution in [-0.4, -0.2) is 11.3 Å². The van der Waals surface area contributed by atoms with E-state index in [2.05, 4.69) is 48.0 Å². The first kappa shape index (κ1) is 20.5. The van der Waals surface area contributed by atoms with Crippen molar-refractivity contribution < 1.29 is 4.79 Å². The molecule has 1 heterocycles. The molecule has 0 N–H and O–H groups in total. The molecule has 0 bridgehead atoms. The fourth-order valence-corrected chi connectivity index (χ4v) is 4.39. The lowest BCUT2D eigenvalue weighted by Gasteiger charge is -2.28. The molecule has 1 aromatic carbocycles. The number of aldehydes is 1. The third-order valence-electron chi connectivity index (χ3n) is 6.16. The summed E-state index contributed by atoms with van der Waals surface area (Å²) in [6, 6.07) is 13.4. The Hall–Kier alpha value is -2.22. The van der Waals surface area contributed by atoms with Gasteiger partial charge in [-0.1, -0.05) is 42.8 Å². The monoisotopic (exact) mass is 375 g/mol. The van der Waals surface area contributed by atoms with Gasteiger partial charge >= 0.3 is 0 Å². The summed E-state index contributed by atoms with van der Waals surface area (Å²) in [6.45, 7) is 3.78. The largest absolute Gasteiger partial charge is 0.303 e. The van der Waals surface area contributed by atoms with Crippen LogP contribution in [0.2, 0.25) is 0 Å². The number of allylic oxidation sites excluding steroid dienone is 1. The van der Waals surface area contributed by atoms with E-state index in [9.17, 15) is 4.79 Å². The molecule has 0 atom stereocenters. The van der Waals surface area contributed by atoms with Gasteiger partial charge in [-0.25, -0.2) is 0 Å². The molecule has 2 heteroatoms. The van der Waals surface area contributed by atoms with Crippen LogP contribution in [0.3, 0.4) is 0 Å². The molecular weight excluding hydrogens is 342 g/mol. The Morgan fingerprint density at radius 2 is 1.75 bits per heavy atom. The van der Waals surface area contributed by atoms with Gasteiger partial charge < -0.3 is 4.79 Å². The van der Waals surface area contributed by atoms with E-state index in [0.29, 0.717) is 5.92 Å². The molecule has 148 valence electrons. The lowest BCUT2D eigenvalue weighted by molar-refractivity contribution is -0.108. The number of benzene rings is 1. The van der Waals surface area contributed by atoms with Crippen molar-refractivity contribution in [2.75, 3.05) is 0 Å². The molecule has 0 aliphatic heterocycles. The van der Waals surface area contributed by atoms with Crippen LogP contribution in [0.5, 0.6) is 0 Å². The summed E-state index contributed by atoms with van der Waals surface area (Å²) >= 11 is 0. The molecule has 1 aromatic heterocycles. The van der Waals surface area contributed by atoms with Crippen LogP contribution in [0, 0.1) is 5.92 Å². The van der Waals surface area contributed by atoms with Gasteiger partial charge in [-0.3, -0.25) is 4.98 Å². The van der Waals surface area contributed by atoms with Gasteiger partial charge in [0, 0.05) is 18.2 Å². The summed E-state index contributed by atoms with van der Waals surface area (Å²) < 4.78 is 0. The first-order valence-corrected chi connectivity index (χ1v) is 10.9. The maximum atomic E-state index is 10.5. The van der Waals surface area contributed by atoms with E-state index in [1.165, 1.54) is 48.8 Å². The van der Waals surface area contributed by atoms with Crippen LogP contribution in [0.15, 0.2) is 55.3 Å². The topological polar surface area (TPSA) is 30.0 Å². The minimum absolute atomic E-state index is 0.691. The van der Waals surface area contributed by atoms with Gasteiger partial charge in [-0.2, -0.15) is 0 Å². The van der Waals surface area contributed by atoms with E-state index in [1.807, 2.05) is 12.3 Å². The maximum Gasteiger partial charge on any atom is 0.119 e. The number of aromatic nitrogens is 1. The highest BCUT2D eigenvalue weighted by Crippen LogP contribution is 2.38. The van der Waals surface area contributed by atoms with Gasteiger partial charge in [0.05, 0.1) is 5.69 Å². The molecule has 2 nitrogen and oxygen atoms in total. The van der Waals surface area contributed by atoms with E-state index in [-0.39, 0.29) is 0 Å². The summed E-state index contributed by atoms with van der Waals surface area (Å²) in [5.74, 6) is 1.52. The van der Waals surface area contributed by atoms with Crippen LogP contribution in [-0.2, 0) is 11.2 Å². The van der Waals surface area contributed by atoms with Crippen molar-refractivity contribution in [2.45, 2.75) is 70.1 Å². The Kier molecular flexibility index (Phi) is 8.02. The van der Waals surface area contributed by atoms with Gasteiger partial charge in [-0.15, -0.1) is 6.58 Å². The van der Waals surface area contributed by atoms with Gasteiger partial charge in [0.15, 0.2) is 0 Å². The molecule has 1 aliphatic rings. The van der Waals surface area contributed by atoms with E-state index < -0.39 is 0 Å². The zero-order chi connectivity index (χ0) is 19.6. The number of nitrogens with zero attached hydrogens (tertiary/aromatic N) is 1. The fraction of sp³-hybridized carbons (Fsp3) is 0.462. The molecule has 0 radical (unpaired) electrons. The van der Waals surface area contributed by atoms with Crippen LogP contribution in [0.4, 0.5) is 0 Å². The summed E-state index contributed by atoms with van der Waals surface area (Å²) in [5.41, 5.74) is 5.02. The number of carbonyl (C=O) groups excluding carboxylic acids is 1. The first-order chi connectivity index (χ1) is 13.8. The van der Waals surface area contributed by atoms with Crippen molar-refractivity contribution in [3.8, 4) is 11.3 Å². The quantitative estimate of drug-likeness (QED) is 0.257. The predicted octanol–water partition coefficient (Wildman–Crippen LogP) is 6.90. The molecule has 3 rings (SSSR count). The zero-order valence-electron chi connectivity index (χ0n) is 17.0. The van der Waals surface area contributed by atoms with Crippen LogP contribution >= 0.6 is 0 Å². The van der Waals surface area contributed by atoms with Crippen molar-refractivity contribution in [1.29, 1.82) is 0 Å². The molecule has 1 aliphatic carbocycles. The van der Waals surface area contributed by atoms with Gasteiger partial charge in [0.1, 0.15) is 6.29 Å². The second kappa shape index (κ2) is 10.9. The fourth-order valence-electron chi connectivity index (χ4n) is 4.39. The summed E-state index contributed by atoms with van der Waals surface area (Å²) in [4.78, 5) is 15.1. The van der Waals surface area contributed by atoms with Crippen LogP contribution < -0.4 is 0 Å². The van der Waals surface area contributed by atoms with Crippen LogP contribution in [0.1, 0.15) is 74.8 Å². The SMILES string of the molecule is C=CCCCc1ccc(-c2ccc([C@H]3CC[C@H](CCCC=O)CC3)cc2)nc1. The Labute approximate surface area is 170 Å². The highest BCUT2D eigenvalue weighted by molar-refractivity contribution is 5.59. The molecule has 28 heavy (non-hydrogen) atoms. The van der Waals surface area contributed by atoms with Crippen LogP contribution in [0.25, 0.3) is 11.3 Å². The summed E-state index contributed by atoms with van der Waals surface area (Å²) in [7, 11) is 0. The molecule has 1 saturated carbocycles. The Bertz CT molecular complexity index is 724. The molecule has 0 amide bonds. The molecule has 1 fully saturated rings. The van der Waals surface area contributed by atoms with E-state index in [1.54, 1.807) is 0 Å². The average molecular weight is 376 g/mol. The van der Waals surface area contributed by atoms with E-state index >= 15 is 0 Å². The first-order valence-electron chi connectivity index (χ1n) is 10.9. The molecule has 0 saturated heterocycles. The lowest BCUT2D eigenvalue weighted by Crippen LogP contribution is -2.13. The standard InChI is InChI=1S/C26H33NO/c1-2-3-4-8-22-11-18-26(27-20-22)25-16-14-24(15-17-25)23-12-9-21(10-13-23)7-5-6-19-28/h2,11,14-21,23H,1,3-10,12-13H2/t21-,23-. The highest BCUT2D eigenvalue weighted by atomic mass is 16.1. The zero-order valence-corrected chi connectivity index (χ0v) is 17.0. The summed E-state index contributed by atoms with van der Waals surface area (Å²) in [6.07, 6.45) is 16.5. The molecule has 2 aromatic rings. The Balaban J connectivity index is 1.52. The van der Waals surface area contributed by atoms with Gasteiger partial charge in [-0.05, 0) is 80.4 Å². The maximum absolute atomic E-state index is 10.5. The third-order valence-corrected chi connectivity index (χ3v) is 6.16. The van der Waals surface area contributed by atoms with Crippen molar-refractivity contribution in [3.05, 3.63) is 66.4 Å². The number of hydrogen-bond acceptors (Lipinski definition) is 2. The van der Waals surface area contributed by atoms with Gasteiger partial charge in [0.25, 0.3) is 0 Å². The minimum atomic E-state index is 0.691. The number of carbonyl (C=O) groups is 1. The number of unbranched alkanes of at least 4 members (excludes halogenated alkanes) is 2. The highest BCUT2D eigenvalue weighted by Gasteiger charge is 2.22. The van der Waals surface area contributed by atoms with Crippen molar-refractivity contribution in [1.82, 2.24) is 4.98 Å². The van der Waals surface area contributed by atoms with E-state index in [0.717, 1.165) is 50.0 Å². The average Bonchev–Trinajstić information content (AvgIpc) is 2.75. The summed E-state index contributed by atoms with van der Waals surface area (Å²) in [5, 5.41) is 0. The smallest absolute Gasteiger partial charge is 0.119 e. The van der Waals surface area contributed by atoms with Gasteiger partial charge in [0.2, 0.25) is 0 Å². The van der Waals surface area contributed by atoms with E-state index in [4.69, 9.17) is 0 Å². The number of hydrogen-bond donors (Lipinski definition) is 0. The molecule has 0 unspecified atom stereocenters. The Morgan fingerprint density at radius 3 is 2.39 bits per heavy atom. The minimum Gasteiger partial charge on any atom is -0.303 e. The van der Waals surface area contributed by atoms with Crippen molar-refractivity contribution in [3.63, 3.8) is 0 Å². The Morgan fingerprint density at radius 1 is 0.964 bits per heavy atom. The van der Waals surface area contributed by atoms with Crippen molar-refractivity contribution >= 4 is 6.29 Å². The lowest BCUT2D eigenvalue weighted by atomic mass is 9.77. The molecule has 0 spiro atoms. The second-order valence-corrected chi connectivity index (χ2v) is 8.17. The number of rotatable bonds is 10. The number of pyridine rings is 1. The normalized spacial score (nSPS) is 19.3. The van der Waals surface area contributed by atoms with Crippen molar-refractivity contribution in [2.24, 2.45) is 5.92 Å².